The summed E-state index contributed by atoms with van der Waals surface area (Å²) in [5.74, 6) is 1.23. The predicted molar refractivity (Wildman–Crippen MR) is 117 cm³/mol. The van der Waals surface area contributed by atoms with E-state index in [1.807, 2.05) is 29.8 Å². The zero-order chi connectivity index (χ0) is 21.8. The first-order valence-corrected chi connectivity index (χ1v) is 10.3. The molecule has 1 fully saturated rings. The maximum Gasteiger partial charge on any atom is 0.293 e. The number of nitro groups is 1. The van der Waals surface area contributed by atoms with E-state index in [-0.39, 0.29) is 17.6 Å². The van der Waals surface area contributed by atoms with Crippen molar-refractivity contribution < 1.29 is 9.72 Å². The van der Waals surface area contributed by atoms with Crippen molar-refractivity contribution in [1.29, 1.82) is 0 Å². The topological polar surface area (TPSA) is 105 Å². The molecule has 9 heteroatoms. The van der Waals surface area contributed by atoms with Gasteiger partial charge in [0.05, 0.1) is 22.7 Å². The Morgan fingerprint density at radius 3 is 2.60 bits per heavy atom. The highest BCUT2D eigenvalue weighted by atomic mass is 16.6. The lowest BCUT2D eigenvalue weighted by Gasteiger charge is -2.28. The first kappa shape index (κ1) is 21.6. The quantitative estimate of drug-likeness (QED) is 0.532. The van der Waals surface area contributed by atoms with Gasteiger partial charge in [0, 0.05) is 45.6 Å². The molecule has 2 N–H and O–H groups in total. The number of rotatable bonds is 7. The van der Waals surface area contributed by atoms with Crippen LogP contribution in [0.15, 0.2) is 24.5 Å². The van der Waals surface area contributed by atoms with Crippen LogP contribution in [-0.2, 0) is 13.6 Å². The number of nitrogens with one attached hydrogen (secondary N) is 2. The molecule has 1 aromatic carbocycles. The average Bonchev–Trinajstić information content (AvgIpc) is 3.12. The van der Waals surface area contributed by atoms with Crippen molar-refractivity contribution in [1.82, 2.24) is 14.9 Å². The van der Waals surface area contributed by atoms with Gasteiger partial charge in [0.15, 0.2) is 0 Å². The number of nitrogens with zero attached hydrogens (tertiary/aromatic N) is 4. The Balaban J connectivity index is 1.93. The summed E-state index contributed by atoms with van der Waals surface area (Å²) in [7, 11) is 5.39. The van der Waals surface area contributed by atoms with E-state index in [1.54, 1.807) is 19.3 Å². The molecule has 30 heavy (non-hydrogen) atoms. The summed E-state index contributed by atoms with van der Waals surface area (Å²) in [6, 6.07) is 3.14. The van der Waals surface area contributed by atoms with E-state index in [2.05, 4.69) is 22.5 Å². The van der Waals surface area contributed by atoms with E-state index in [1.165, 1.54) is 6.07 Å². The van der Waals surface area contributed by atoms with Gasteiger partial charge in [-0.15, -0.1) is 0 Å². The fourth-order valence-electron chi connectivity index (χ4n) is 3.94. The second-order valence-electron chi connectivity index (χ2n) is 8.13. The summed E-state index contributed by atoms with van der Waals surface area (Å²) < 4.78 is 1.91. The number of hydrogen-bond donors (Lipinski definition) is 2. The number of anilines is 2. The van der Waals surface area contributed by atoms with Gasteiger partial charge in [-0.3, -0.25) is 14.9 Å². The van der Waals surface area contributed by atoms with Crippen molar-refractivity contribution in [3.05, 3.63) is 46.0 Å². The van der Waals surface area contributed by atoms with Gasteiger partial charge in [-0.2, -0.15) is 0 Å². The Labute approximate surface area is 176 Å². The fraction of sp³-hybridized carbons (Fsp3) is 0.524. The van der Waals surface area contributed by atoms with Crippen molar-refractivity contribution in [3.63, 3.8) is 0 Å². The highest BCUT2D eigenvalue weighted by Gasteiger charge is 2.26. The van der Waals surface area contributed by atoms with Gasteiger partial charge in [-0.25, -0.2) is 4.98 Å². The maximum atomic E-state index is 13.2. The van der Waals surface area contributed by atoms with Crippen molar-refractivity contribution >= 4 is 23.0 Å². The molecule has 0 saturated heterocycles. The average molecular weight is 415 g/mol. The molecule has 1 aliphatic rings. The van der Waals surface area contributed by atoms with Crippen molar-refractivity contribution in [3.8, 4) is 0 Å². The van der Waals surface area contributed by atoms with Crippen LogP contribution in [-0.4, -0.2) is 40.5 Å². The minimum absolute atomic E-state index is 0.101. The monoisotopic (exact) mass is 414 g/mol. The van der Waals surface area contributed by atoms with E-state index in [0.717, 1.165) is 31.5 Å². The lowest BCUT2D eigenvalue weighted by molar-refractivity contribution is -0.383. The maximum absolute atomic E-state index is 13.2. The molecule has 0 aliphatic heterocycles. The molecule has 162 valence electrons. The van der Waals surface area contributed by atoms with Crippen molar-refractivity contribution in [2.45, 2.75) is 45.2 Å². The van der Waals surface area contributed by atoms with Gasteiger partial charge in [0.2, 0.25) is 0 Å². The summed E-state index contributed by atoms with van der Waals surface area (Å²) >= 11 is 0. The Kier molecular flexibility index (Phi) is 6.59. The molecule has 1 amide bonds. The van der Waals surface area contributed by atoms with Gasteiger partial charge in [-0.05, 0) is 37.7 Å². The third-order valence-corrected chi connectivity index (χ3v) is 5.89. The molecule has 0 spiro atoms. The molecular formula is C21H30N6O3. The lowest BCUT2D eigenvalue weighted by atomic mass is 9.87. The summed E-state index contributed by atoms with van der Waals surface area (Å²) in [5, 5.41) is 17.5. The van der Waals surface area contributed by atoms with Crippen molar-refractivity contribution in [2.24, 2.45) is 13.0 Å². The molecule has 3 rings (SSSR count). The molecule has 0 bridgehead atoms. The number of hydrogen-bond acceptors (Lipinski definition) is 6. The molecule has 2 aromatic rings. The van der Waals surface area contributed by atoms with Crippen LogP contribution in [0.5, 0.6) is 0 Å². The van der Waals surface area contributed by atoms with E-state index in [4.69, 9.17) is 0 Å². The Hall–Kier alpha value is -3.10. The third kappa shape index (κ3) is 4.72. The molecule has 0 atom stereocenters. The zero-order valence-corrected chi connectivity index (χ0v) is 18.0. The number of nitro benzene ring substituents is 1. The Morgan fingerprint density at radius 1 is 1.33 bits per heavy atom. The minimum Gasteiger partial charge on any atom is -0.383 e. The SMILES string of the molecule is CNc1cc(N(C)Cc2nccn2C)c(C(=O)N[C@H]2CC[C@H](C)CC2)cc1[N+](=O)[O-]. The standard InChI is InChI=1S/C21H30N6O3/c1-14-5-7-15(8-6-14)24-21(28)16-11-19(27(29)30)17(22-2)12-18(16)26(4)13-20-23-9-10-25(20)3/h9-12,14-15,22H,5-8,13H2,1-4H3,(H,24,28)/t14-,15-. The molecule has 9 nitrogen and oxygen atoms in total. The predicted octanol–water partition coefficient (Wildman–Crippen LogP) is 3.31. The van der Waals surface area contributed by atoms with E-state index in [9.17, 15) is 14.9 Å². The molecular weight excluding hydrogens is 384 g/mol. The van der Waals surface area contributed by atoms with E-state index in [0.29, 0.717) is 29.4 Å². The van der Waals surface area contributed by atoms with Crippen molar-refractivity contribution in [2.75, 3.05) is 24.3 Å². The van der Waals surface area contributed by atoms with Crippen LogP contribution in [0.1, 0.15) is 48.8 Å². The fourth-order valence-corrected chi connectivity index (χ4v) is 3.94. The number of carbonyl (C=O) groups excluding carboxylic acids is 1. The molecule has 1 saturated carbocycles. The minimum atomic E-state index is -0.465. The number of benzene rings is 1. The van der Waals surface area contributed by atoms with Crippen LogP contribution in [0.2, 0.25) is 0 Å². The summed E-state index contributed by atoms with van der Waals surface area (Å²) in [5.41, 5.74) is 1.17. The van der Waals surface area contributed by atoms with Crippen LogP contribution in [0.25, 0.3) is 0 Å². The molecule has 1 aliphatic carbocycles. The van der Waals surface area contributed by atoms with Gasteiger partial charge in [-0.1, -0.05) is 6.92 Å². The second-order valence-corrected chi connectivity index (χ2v) is 8.13. The van der Waals surface area contributed by atoms with Gasteiger partial charge >= 0.3 is 0 Å². The number of aromatic nitrogens is 2. The Bertz CT molecular complexity index is 917. The van der Waals surface area contributed by atoms with Gasteiger partial charge < -0.3 is 20.1 Å². The summed E-state index contributed by atoms with van der Waals surface area (Å²) in [4.78, 5) is 30.5. The largest absolute Gasteiger partial charge is 0.383 e. The third-order valence-electron chi connectivity index (χ3n) is 5.89. The highest BCUT2D eigenvalue weighted by Crippen LogP contribution is 2.34. The van der Waals surface area contributed by atoms with Crippen LogP contribution >= 0.6 is 0 Å². The first-order chi connectivity index (χ1) is 14.3. The van der Waals surface area contributed by atoms with Crippen LogP contribution in [0.3, 0.4) is 0 Å². The van der Waals surface area contributed by atoms with E-state index < -0.39 is 4.92 Å². The van der Waals surface area contributed by atoms with E-state index >= 15 is 0 Å². The number of amides is 1. The first-order valence-electron chi connectivity index (χ1n) is 10.3. The normalized spacial score (nSPS) is 18.7. The summed E-state index contributed by atoms with van der Waals surface area (Å²) in [6.07, 6.45) is 7.60. The summed E-state index contributed by atoms with van der Waals surface area (Å²) in [6.45, 7) is 2.69. The lowest BCUT2D eigenvalue weighted by Crippen LogP contribution is -2.38. The smallest absolute Gasteiger partial charge is 0.293 e. The molecule has 1 heterocycles. The Morgan fingerprint density at radius 2 is 2.03 bits per heavy atom. The highest BCUT2D eigenvalue weighted by molar-refractivity contribution is 6.02. The zero-order valence-electron chi connectivity index (χ0n) is 18.0. The molecule has 0 radical (unpaired) electrons. The molecule has 0 unspecified atom stereocenters. The number of imidazole rings is 1. The van der Waals surface area contributed by atoms with Crippen LogP contribution in [0.4, 0.5) is 17.1 Å². The molecule has 1 aromatic heterocycles. The second kappa shape index (κ2) is 9.15. The van der Waals surface area contributed by atoms with Crippen LogP contribution < -0.4 is 15.5 Å². The van der Waals surface area contributed by atoms with Gasteiger partial charge in [0.1, 0.15) is 11.5 Å². The van der Waals surface area contributed by atoms with Gasteiger partial charge in [0.25, 0.3) is 11.6 Å². The number of aryl methyl sites for hydroxylation is 1. The number of carbonyl (C=O) groups is 1. The van der Waals surface area contributed by atoms with Crippen LogP contribution in [0, 0.1) is 16.0 Å².